The molecule has 0 aliphatic heterocycles. The van der Waals surface area contributed by atoms with Gasteiger partial charge in [0.1, 0.15) is 0 Å². The van der Waals surface area contributed by atoms with Crippen LogP contribution in [0.2, 0.25) is 0 Å². The van der Waals surface area contributed by atoms with Crippen molar-refractivity contribution in [3.63, 3.8) is 0 Å². The van der Waals surface area contributed by atoms with Crippen molar-refractivity contribution in [3.05, 3.63) is 41.5 Å². The van der Waals surface area contributed by atoms with Crippen molar-refractivity contribution in [2.75, 3.05) is 7.11 Å². The van der Waals surface area contributed by atoms with Gasteiger partial charge in [0, 0.05) is 6.08 Å². The second-order valence-electron chi connectivity index (χ2n) is 2.96. The van der Waals surface area contributed by atoms with Crippen LogP contribution in [-0.4, -0.2) is 13.1 Å². The molecule has 0 saturated carbocycles. The minimum absolute atomic E-state index is 0.327. The first kappa shape index (κ1) is 10.5. The van der Waals surface area contributed by atoms with Crippen LogP contribution < -0.4 is 0 Å². The lowest BCUT2D eigenvalue weighted by molar-refractivity contribution is -0.134. The Morgan fingerprint density at radius 2 is 2.29 bits per heavy atom. The summed E-state index contributed by atoms with van der Waals surface area (Å²) >= 11 is 0. The summed E-state index contributed by atoms with van der Waals surface area (Å²) in [6, 6.07) is 8.06. The average molecular weight is 190 g/mol. The quantitative estimate of drug-likeness (QED) is 0.540. The summed E-state index contributed by atoms with van der Waals surface area (Å²) in [5.74, 6) is -0.327. The number of carbonyl (C=O) groups excluding carboxylic acids is 1. The number of methoxy groups -OCH3 is 1. The van der Waals surface area contributed by atoms with E-state index in [4.69, 9.17) is 0 Å². The molecule has 0 saturated heterocycles. The largest absolute Gasteiger partial charge is 0.466 e. The van der Waals surface area contributed by atoms with E-state index in [1.807, 2.05) is 12.1 Å². The summed E-state index contributed by atoms with van der Waals surface area (Å²) in [5.41, 5.74) is 2.28. The van der Waals surface area contributed by atoms with E-state index in [9.17, 15) is 4.79 Å². The average Bonchev–Trinajstić information content (AvgIpc) is 2.26. The van der Waals surface area contributed by atoms with Gasteiger partial charge >= 0.3 is 5.97 Å². The van der Waals surface area contributed by atoms with Crippen LogP contribution in [0.3, 0.4) is 0 Å². The molecule has 1 aromatic rings. The number of carbonyl (C=O) groups is 1. The number of rotatable bonds is 3. The van der Waals surface area contributed by atoms with Gasteiger partial charge < -0.3 is 4.74 Å². The molecule has 0 aromatic heterocycles. The smallest absolute Gasteiger partial charge is 0.330 e. The molecule has 0 bridgehead atoms. The fourth-order valence-electron chi connectivity index (χ4n) is 1.15. The standard InChI is InChI=1S/C12H14O2/c1-3-10-5-4-6-11(9-10)7-8-12(13)14-2/h4-9H,3H2,1-2H3. The molecule has 2 heteroatoms. The van der Waals surface area contributed by atoms with Crippen molar-refractivity contribution >= 4 is 12.0 Å². The lowest BCUT2D eigenvalue weighted by Crippen LogP contribution is -1.93. The zero-order valence-electron chi connectivity index (χ0n) is 8.49. The third kappa shape index (κ3) is 3.05. The minimum Gasteiger partial charge on any atom is -0.466 e. The van der Waals surface area contributed by atoms with E-state index in [1.165, 1.54) is 18.7 Å². The number of aryl methyl sites for hydroxylation is 1. The van der Waals surface area contributed by atoms with Crippen molar-refractivity contribution in [2.24, 2.45) is 0 Å². The Labute approximate surface area is 84.2 Å². The maximum Gasteiger partial charge on any atom is 0.330 e. The fourth-order valence-corrected chi connectivity index (χ4v) is 1.15. The number of hydrogen-bond donors (Lipinski definition) is 0. The number of hydrogen-bond acceptors (Lipinski definition) is 2. The molecule has 0 aliphatic rings. The molecule has 2 nitrogen and oxygen atoms in total. The van der Waals surface area contributed by atoms with E-state index in [0.717, 1.165) is 12.0 Å². The maximum atomic E-state index is 10.8. The first-order valence-corrected chi connectivity index (χ1v) is 4.61. The summed E-state index contributed by atoms with van der Waals surface area (Å²) in [6.07, 6.45) is 4.18. The molecule has 0 fully saturated rings. The molecule has 1 aromatic carbocycles. The second-order valence-corrected chi connectivity index (χ2v) is 2.96. The first-order chi connectivity index (χ1) is 6.76. The van der Waals surface area contributed by atoms with Gasteiger partial charge in [0.25, 0.3) is 0 Å². The Hall–Kier alpha value is -1.57. The van der Waals surface area contributed by atoms with Gasteiger partial charge in [-0.2, -0.15) is 0 Å². The molecule has 0 radical (unpaired) electrons. The summed E-state index contributed by atoms with van der Waals surface area (Å²) in [7, 11) is 1.37. The Balaban J connectivity index is 2.76. The van der Waals surface area contributed by atoms with Crippen LogP contribution in [0.15, 0.2) is 30.3 Å². The first-order valence-electron chi connectivity index (χ1n) is 4.61. The summed E-state index contributed by atoms with van der Waals surface area (Å²) in [5, 5.41) is 0. The van der Waals surface area contributed by atoms with Crippen LogP contribution in [0.5, 0.6) is 0 Å². The van der Waals surface area contributed by atoms with Gasteiger partial charge in [0.2, 0.25) is 0 Å². The fraction of sp³-hybridized carbons (Fsp3) is 0.250. The van der Waals surface area contributed by atoms with Gasteiger partial charge in [-0.1, -0.05) is 31.2 Å². The van der Waals surface area contributed by atoms with Gasteiger partial charge in [-0.25, -0.2) is 4.79 Å². The van der Waals surface area contributed by atoms with Crippen LogP contribution in [-0.2, 0) is 16.0 Å². The monoisotopic (exact) mass is 190 g/mol. The zero-order valence-corrected chi connectivity index (χ0v) is 8.49. The lowest BCUT2D eigenvalue weighted by Gasteiger charge is -1.97. The highest BCUT2D eigenvalue weighted by Gasteiger charge is 1.93. The van der Waals surface area contributed by atoms with Crippen molar-refractivity contribution < 1.29 is 9.53 Å². The van der Waals surface area contributed by atoms with Gasteiger partial charge in [0.05, 0.1) is 7.11 Å². The zero-order chi connectivity index (χ0) is 10.4. The van der Waals surface area contributed by atoms with Gasteiger partial charge in [0.15, 0.2) is 0 Å². The molecule has 0 atom stereocenters. The Kier molecular flexibility index (Phi) is 3.92. The van der Waals surface area contributed by atoms with Crippen molar-refractivity contribution in [2.45, 2.75) is 13.3 Å². The minimum atomic E-state index is -0.327. The van der Waals surface area contributed by atoms with Crippen molar-refractivity contribution in [1.82, 2.24) is 0 Å². The third-order valence-electron chi connectivity index (χ3n) is 1.97. The molecule has 0 N–H and O–H groups in total. The molecule has 0 aliphatic carbocycles. The Morgan fingerprint density at radius 1 is 1.50 bits per heavy atom. The number of benzene rings is 1. The highest BCUT2D eigenvalue weighted by molar-refractivity contribution is 5.86. The highest BCUT2D eigenvalue weighted by atomic mass is 16.5. The molecule has 1 rings (SSSR count). The predicted octanol–water partition coefficient (Wildman–Crippen LogP) is 2.44. The molecule has 14 heavy (non-hydrogen) atoms. The predicted molar refractivity (Wildman–Crippen MR) is 56.9 cm³/mol. The van der Waals surface area contributed by atoms with Crippen molar-refractivity contribution in [1.29, 1.82) is 0 Å². The van der Waals surface area contributed by atoms with Crippen LogP contribution >= 0.6 is 0 Å². The third-order valence-corrected chi connectivity index (χ3v) is 1.97. The summed E-state index contributed by atoms with van der Waals surface area (Å²) in [4.78, 5) is 10.8. The van der Waals surface area contributed by atoms with Gasteiger partial charge in [-0.15, -0.1) is 0 Å². The highest BCUT2D eigenvalue weighted by Crippen LogP contribution is 2.07. The van der Waals surface area contributed by atoms with E-state index in [-0.39, 0.29) is 5.97 Å². The van der Waals surface area contributed by atoms with E-state index in [1.54, 1.807) is 6.08 Å². The molecule has 74 valence electrons. The molecule has 0 spiro atoms. The van der Waals surface area contributed by atoms with Crippen LogP contribution in [0.1, 0.15) is 18.1 Å². The second kappa shape index (κ2) is 5.22. The maximum absolute atomic E-state index is 10.8. The van der Waals surface area contributed by atoms with Crippen LogP contribution in [0, 0.1) is 0 Å². The van der Waals surface area contributed by atoms with E-state index in [2.05, 4.69) is 23.8 Å². The summed E-state index contributed by atoms with van der Waals surface area (Å²) in [6.45, 7) is 2.10. The van der Waals surface area contributed by atoms with Crippen LogP contribution in [0.25, 0.3) is 6.08 Å². The van der Waals surface area contributed by atoms with Gasteiger partial charge in [-0.3, -0.25) is 0 Å². The summed E-state index contributed by atoms with van der Waals surface area (Å²) < 4.78 is 4.50. The number of esters is 1. The lowest BCUT2D eigenvalue weighted by atomic mass is 10.1. The van der Waals surface area contributed by atoms with E-state index >= 15 is 0 Å². The Morgan fingerprint density at radius 3 is 2.93 bits per heavy atom. The van der Waals surface area contributed by atoms with Crippen molar-refractivity contribution in [3.8, 4) is 0 Å². The molecule has 0 amide bonds. The van der Waals surface area contributed by atoms with E-state index < -0.39 is 0 Å². The molecule has 0 unspecified atom stereocenters. The van der Waals surface area contributed by atoms with Gasteiger partial charge in [-0.05, 0) is 23.6 Å². The number of ether oxygens (including phenoxy) is 1. The Bertz CT molecular complexity index is 340. The molecule has 0 heterocycles. The van der Waals surface area contributed by atoms with E-state index in [0.29, 0.717) is 0 Å². The molecular weight excluding hydrogens is 176 g/mol. The topological polar surface area (TPSA) is 26.3 Å². The normalized spacial score (nSPS) is 10.4. The van der Waals surface area contributed by atoms with Crippen LogP contribution in [0.4, 0.5) is 0 Å². The SMILES string of the molecule is CCc1cccc(C=CC(=O)OC)c1. The molecular formula is C12H14O2.